The molecule has 0 aliphatic heterocycles. The van der Waals surface area contributed by atoms with Crippen LogP contribution in [0.25, 0.3) is 10.8 Å². The molecule has 2 aromatic rings. The zero-order chi connectivity index (χ0) is 17.6. The molecule has 0 aliphatic rings. The molecular weight excluding hydrogens is 467 g/mol. The summed E-state index contributed by atoms with van der Waals surface area (Å²) in [5.41, 5.74) is -1.14. The van der Waals surface area contributed by atoms with Crippen LogP contribution in [0.1, 0.15) is 10.4 Å². The highest BCUT2D eigenvalue weighted by Gasteiger charge is 2.35. The molecule has 0 aromatic heterocycles. The van der Waals surface area contributed by atoms with E-state index in [4.69, 9.17) is 0 Å². The van der Waals surface area contributed by atoms with Crippen LogP contribution in [-0.2, 0) is 23.3 Å². The molecule has 2 aromatic carbocycles. The second kappa shape index (κ2) is 5.86. The number of halogens is 1. The van der Waals surface area contributed by atoms with E-state index in [-0.39, 0.29) is 10.8 Å². The Morgan fingerprint density at radius 2 is 1.39 bits per heavy atom. The SMILES string of the molecule is O=Ic1c(C(=O)O)c(S(=O)(=O)O)c(S(=O)(=O)O)c2ccccc12. The molecule has 0 amide bonds. The molecule has 23 heavy (non-hydrogen) atoms. The summed E-state index contributed by atoms with van der Waals surface area (Å²) in [5, 5.41) is 8.75. The maximum Gasteiger partial charge on any atom is 0.338 e. The number of rotatable bonds is 4. The quantitative estimate of drug-likeness (QED) is 0.440. The summed E-state index contributed by atoms with van der Waals surface area (Å²) in [5.74, 6) is -1.90. The largest absolute Gasteiger partial charge is 0.478 e. The third kappa shape index (κ3) is 3.12. The summed E-state index contributed by atoms with van der Waals surface area (Å²) in [6.45, 7) is 0. The minimum atomic E-state index is -5.36. The van der Waals surface area contributed by atoms with E-state index >= 15 is 0 Å². The minimum Gasteiger partial charge on any atom is -0.478 e. The number of aromatic carboxylic acids is 1. The molecule has 2 rings (SSSR count). The Balaban J connectivity index is 3.40. The van der Waals surface area contributed by atoms with Crippen molar-refractivity contribution in [2.75, 3.05) is 0 Å². The predicted octanol–water partition coefficient (Wildman–Crippen LogP) is 1.52. The van der Waals surface area contributed by atoms with E-state index in [0.29, 0.717) is 0 Å². The number of fused-ring (bicyclic) bond motifs is 1. The van der Waals surface area contributed by atoms with Gasteiger partial charge in [-0.05, 0) is 0 Å². The van der Waals surface area contributed by atoms with E-state index in [0.717, 1.165) is 6.07 Å². The fraction of sp³-hybridized carbons (Fsp3) is 0. The van der Waals surface area contributed by atoms with Gasteiger partial charge in [-0.15, -0.1) is 0 Å². The summed E-state index contributed by atoms with van der Waals surface area (Å²) in [6, 6.07) is 5.02. The van der Waals surface area contributed by atoms with Crippen molar-refractivity contribution in [1.29, 1.82) is 0 Å². The van der Waals surface area contributed by atoms with Crippen molar-refractivity contribution in [3.63, 3.8) is 0 Å². The minimum absolute atomic E-state index is 0.104. The second-order valence-electron chi connectivity index (χ2n) is 4.23. The highest BCUT2D eigenvalue weighted by atomic mass is 127. The first-order valence-electron chi connectivity index (χ1n) is 5.54. The van der Waals surface area contributed by atoms with Gasteiger partial charge in [0, 0.05) is 10.8 Å². The molecule has 0 heterocycles. The first-order valence-corrected chi connectivity index (χ1v) is 10.4. The van der Waals surface area contributed by atoms with Crippen LogP contribution in [0, 0.1) is 3.57 Å². The Morgan fingerprint density at radius 3 is 1.78 bits per heavy atom. The van der Waals surface area contributed by atoms with Gasteiger partial charge in [0.25, 0.3) is 20.2 Å². The zero-order valence-corrected chi connectivity index (χ0v) is 14.6. The zero-order valence-electron chi connectivity index (χ0n) is 10.8. The topological polar surface area (TPSA) is 163 Å². The molecule has 0 atom stereocenters. The van der Waals surface area contributed by atoms with Crippen LogP contribution in [0.15, 0.2) is 34.1 Å². The Labute approximate surface area is 140 Å². The first-order chi connectivity index (χ1) is 10.5. The maximum absolute atomic E-state index is 11.6. The third-order valence-corrected chi connectivity index (χ3v) is 6.42. The van der Waals surface area contributed by atoms with Crippen LogP contribution < -0.4 is 0 Å². The highest BCUT2D eigenvalue weighted by molar-refractivity contribution is 14.1. The third-order valence-electron chi connectivity index (χ3n) is 2.87. The standard InChI is InChI=1S/C11H7IO9S2/c13-11(14)7-8(12-15)5-3-1-2-4-6(5)9(22(16,17)18)10(7)23(19,20)21/h1-4H,(H,13,14)(H,16,17,18)(H,19,20,21). The monoisotopic (exact) mass is 474 g/mol. The lowest BCUT2D eigenvalue weighted by Gasteiger charge is -2.14. The molecular formula is C11H7IO9S2. The van der Waals surface area contributed by atoms with Gasteiger partial charge in [-0.25, -0.2) is 4.79 Å². The Kier molecular flexibility index (Phi) is 4.55. The van der Waals surface area contributed by atoms with Crippen molar-refractivity contribution in [3.8, 4) is 0 Å². The van der Waals surface area contributed by atoms with Crippen molar-refractivity contribution in [3.05, 3.63) is 33.4 Å². The molecule has 0 unspecified atom stereocenters. The number of carboxylic acids is 1. The molecule has 124 valence electrons. The average Bonchev–Trinajstić information content (AvgIpc) is 2.42. The summed E-state index contributed by atoms with van der Waals surface area (Å²) in [7, 11) is -10.6. The normalized spacial score (nSPS) is 12.4. The fourth-order valence-corrected chi connectivity index (χ4v) is 5.94. The van der Waals surface area contributed by atoms with Gasteiger partial charge in [0.1, 0.15) is 9.79 Å². The number of carboxylic acid groups (broad SMARTS) is 1. The van der Waals surface area contributed by atoms with Gasteiger partial charge in [0.05, 0.1) is 9.13 Å². The molecule has 0 saturated heterocycles. The van der Waals surface area contributed by atoms with Crippen LogP contribution in [0.5, 0.6) is 0 Å². The van der Waals surface area contributed by atoms with E-state index < -0.39 is 66.3 Å². The lowest BCUT2D eigenvalue weighted by atomic mass is 10.1. The van der Waals surface area contributed by atoms with E-state index in [1.807, 2.05) is 0 Å². The van der Waals surface area contributed by atoms with Gasteiger partial charge in [0.2, 0.25) is 0 Å². The fourth-order valence-electron chi connectivity index (χ4n) is 2.12. The number of hydrogen-bond donors (Lipinski definition) is 3. The van der Waals surface area contributed by atoms with Crippen LogP contribution in [-0.4, -0.2) is 37.0 Å². The van der Waals surface area contributed by atoms with Crippen molar-refractivity contribution in [2.45, 2.75) is 9.79 Å². The van der Waals surface area contributed by atoms with Crippen LogP contribution >= 0.6 is 21.2 Å². The molecule has 9 nitrogen and oxygen atoms in total. The average molecular weight is 474 g/mol. The van der Waals surface area contributed by atoms with E-state index in [2.05, 4.69) is 0 Å². The predicted molar refractivity (Wildman–Crippen MR) is 83.9 cm³/mol. The van der Waals surface area contributed by atoms with Crippen molar-refractivity contribution in [2.24, 2.45) is 0 Å². The second-order valence-corrected chi connectivity index (χ2v) is 8.46. The number of hydrogen-bond acceptors (Lipinski definition) is 6. The summed E-state index contributed by atoms with van der Waals surface area (Å²) < 4.78 is 76.0. The number of carbonyl (C=O) groups is 1. The molecule has 3 N–H and O–H groups in total. The van der Waals surface area contributed by atoms with Crippen LogP contribution in [0.4, 0.5) is 0 Å². The lowest BCUT2D eigenvalue weighted by molar-refractivity contribution is 0.0690. The maximum atomic E-state index is 11.6. The van der Waals surface area contributed by atoms with Gasteiger partial charge in [-0.1, -0.05) is 24.3 Å². The summed E-state index contributed by atoms with van der Waals surface area (Å²) >= 11 is -2.25. The van der Waals surface area contributed by atoms with Crippen molar-refractivity contribution < 1.29 is 38.9 Å². The van der Waals surface area contributed by atoms with Crippen LogP contribution in [0.2, 0.25) is 0 Å². The van der Waals surface area contributed by atoms with E-state index in [1.54, 1.807) is 0 Å². The van der Waals surface area contributed by atoms with Crippen molar-refractivity contribution >= 4 is 58.2 Å². The Morgan fingerprint density at radius 1 is 0.913 bits per heavy atom. The van der Waals surface area contributed by atoms with E-state index in [1.165, 1.54) is 18.2 Å². The first kappa shape index (κ1) is 17.9. The molecule has 0 spiro atoms. The number of benzene rings is 2. The molecule has 0 bridgehead atoms. The lowest BCUT2D eigenvalue weighted by Crippen LogP contribution is -2.17. The van der Waals surface area contributed by atoms with Gasteiger partial charge in [-0.3, -0.25) is 12.2 Å². The van der Waals surface area contributed by atoms with E-state index in [9.17, 15) is 38.9 Å². The Bertz CT molecular complexity index is 1050. The van der Waals surface area contributed by atoms with Gasteiger partial charge in [0.15, 0.2) is 21.2 Å². The Hall–Kier alpha value is -1.48. The smallest absolute Gasteiger partial charge is 0.338 e. The van der Waals surface area contributed by atoms with Gasteiger partial charge in [-0.2, -0.15) is 16.8 Å². The summed E-state index contributed by atoms with van der Waals surface area (Å²) in [6.07, 6.45) is 0. The molecule has 0 aliphatic carbocycles. The summed E-state index contributed by atoms with van der Waals surface area (Å²) in [4.78, 5) is 8.63. The van der Waals surface area contributed by atoms with Gasteiger partial charge >= 0.3 is 5.97 Å². The van der Waals surface area contributed by atoms with Crippen LogP contribution in [0.3, 0.4) is 0 Å². The van der Waals surface area contributed by atoms with Crippen molar-refractivity contribution in [1.82, 2.24) is 0 Å². The molecule has 12 heteroatoms. The molecule has 0 fully saturated rings. The van der Waals surface area contributed by atoms with Gasteiger partial charge < -0.3 is 5.11 Å². The molecule has 0 saturated carbocycles. The molecule has 0 radical (unpaired) electrons. The highest BCUT2D eigenvalue weighted by Crippen LogP contribution is 2.38.